The zero-order chi connectivity index (χ0) is 13.1. The molecule has 1 N–H and O–H groups in total. The summed E-state index contributed by atoms with van der Waals surface area (Å²) in [6.45, 7) is 4.25. The van der Waals surface area contributed by atoms with Crippen LogP contribution in [0, 0.1) is 5.92 Å². The van der Waals surface area contributed by atoms with Gasteiger partial charge in [-0.05, 0) is 18.1 Å². The van der Waals surface area contributed by atoms with Crippen molar-refractivity contribution in [3.8, 4) is 0 Å². The number of hydrogen-bond donors (Lipinski definition) is 1. The van der Waals surface area contributed by atoms with E-state index in [4.69, 9.17) is 0 Å². The van der Waals surface area contributed by atoms with Crippen LogP contribution in [0.2, 0.25) is 0 Å². The first-order valence-electron chi connectivity index (χ1n) is 5.92. The van der Waals surface area contributed by atoms with E-state index in [1.165, 1.54) is 7.11 Å². The maximum absolute atomic E-state index is 11.8. The van der Waals surface area contributed by atoms with Gasteiger partial charge in [-0.3, -0.25) is 9.63 Å². The molecule has 0 fully saturated rings. The molecule has 18 heavy (non-hydrogen) atoms. The highest BCUT2D eigenvalue weighted by Crippen LogP contribution is 2.15. The van der Waals surface area contributed by atoms with Crippen LogP contribution in [0.4, 0.5) is 0 Å². The highest BCUT2D eigenvalue weighted by Gasteiger charge is 2.17. The Morgan fingerprint density at radius 3 is 2.94 bits per heavy atom. The lowest BCUT2D eigenvalue weighted by Crippen LogP contribution is -2.22. The van der Waals surface area contributed by atoms with Gasteiger partial charge in [0.25, 0.3) is 5.91 Å². The fourth-order valence-electron chi connectivity index (χ4n) is 1.92. The summed E-state index contributed by atoms with van der Waals surface area (Å²) >= 11 is 0. The molecule has 0 bridgehead atoms. The largest absolute Gasteiger partial charge is 0.303 e. The van der Waals surface area contributed by atoms with Crippen LogP contribution in [0.3, 0.4) is 0 Å². The molecule has 2 heterocycles. The molecule has 5 heteroatoms. The molecule has 96 valence electrons. The van der Waals surface area contributed by atoms with Crippen LogP contribution in [0.25, 0.3) is 5.52 Å². The zero-order valence-corrected chi connectivity index (χ0v) is 10.8. The van der Waals surface area contributed by atoms with Gasteiger partial charge in [-0.25, -0.2) is 10.5 Å². The predicted octanol–water partition coefficient (Wildman–Crippen LogP) is 1.82. The van der Waals surface area contributed by atoms with Crippen LogP contribution in [0.1, 0.15) is 30.2 Å². The van der Waals surface area contributed by atoms with E-state index in [2.05, 4.69) is 29.1 Å². The minimum atomic E-state index is -0.323. The van der Waals surface area contributed by atoms with Crippen molar-refractivity contribution in [3.63, 3.8) is 0 Å². The topological polar surface area (TPSA) is 55.6 Å². The number of hydrogen-bond acceptors (Lipinski definition) is 3. The second-order valence-corrected chi connectivity index (χ2v) is 4.57. The number of fused-ring (bicyclic) bond motifs is 1. The van der Waals surface area contributed by atoms with Crippen LogP contribution in [0.15, 0.2) is 24.4 Å². The average Bonchev–Trinajstić information content (AvgIpc) is 2.68. The standard InChI is InChI=1S/C13H17N3O2/c1-9(2)8-11-14-12(13(17)15-18-3)10-6-4-5-7-16(10)11/h4-7,9H,8H2,1-3H3,(H,15,17). The molecule has 2 rings (SSSR count). The Morgan fingerprint density at radius 2 is 2.28 bits per heavy atom. The third-order valence-electron chi connectivity index (χ3n) is 2.62. The zero-order valence-electron chi connectivity index (χ0n) is 10.8. The SMILES string of the molecule is CONC(=O)c1nc(CC(C)C)n2ccccc12. The third kappa shape index (κ3) is 2.36. The van der Waals surface area contributed by atoms with E-state index in [1.807, 2.05) is 28.8 Å². The summed E-state index contributed by atoms with van der Waals surface area (Å²) in [7, 11) is 1.41. The number of nitrogens with one attached hydrogen (secondary N) is 1. The summed E-state index contributed by atoms with van der Waals surface area (Å²) in [6, 6.07) is 5.69. The Morgan fingerprint density at radius 1 is 1.50 bits per heavy atom. The van der Waals surface area contributed by atoms with Crippen LogP contribution >= 0.6 is 0 Å². The van der Waals surface area contributed by atoms with E-state index in [9.17, 15) is 4.79 Å². The van der Waals surface area contributed by atoms with Gasteiger partial charge in [0.05, 0.1) is 12.6 Å². The van der Waals surface area contributed by atoms with Crippen molar-refractivity contribution in [3.05, 3.63) is 35.9 Å². The van der Waals surface area contributed by atoms with Crippen LogP contribution in [0.5, 0.6) is 0 Å². The molecular formula is C13H17N3O2. The van der Waals surface area contributed by atoms with Crippen LogP contribution in [-0.2, 0) is 11.3 Å². The molecule has 1 amide bonds. The molecule has 2 aromatic rings. The number of amides is 1. The van der Waals surface area contributed by atoms with E-state index in [0.29, 0.717) is 11.6 Å². The number of imidazole rings is 1. The number of nitrogens with zero attached hydrogens (tertiary/aromatic N) is 2. The van der Waals surface area contributed by atoms with E-state index >= 15 is 0 Å². The lowest BCUT2D eigenvalue weighted by atomic mass is 10.1. The van der Waals surface area contributed by atoms with Crippen molar-refractivity contribution in [1.82, 2.24) is 14.9 Å². The van der Waals surface area contributed by atoms with Crippen LogP contribution < -0.4 is 5.48 Å². The van der Waals surface area contributed by atoms with Gasteiger partial charge in [0.2, 0.25) is 0 Å². The maximum atomic E-state index is 11.8. The third-order valence-corrected chi connectivity index (χ3v) is 2.62. The summed E-state index contributed by atoms with van der Waals surface area (Å²) in [5.74, 6) is 1.05. The molecule has 0 radical (unpaired) electrons. The molecule has 2 aromatic heterocycles. The van der Waals surface area contributed by atoms with E-state index in [-0.39, 0.29) is 5.91 Å². The highest BCUT2D eigenvalue weighted by atomic mass is 16.6. The number of carbonyl (C=O) groups excluding carboxylic acids is 1. The van der Waals surface area contributed by atoms with Gasteiger partial charge in [0.1, 0.15) is 5.82 Å². The van der Waals surface area contributed by atoms with Crippen molar-refractivity contribution < 1.29 is 9.63 Å². The van der Waals surface area contributed by atoms with Gasteiger partial charge in [-0.15, -0.1) is 0 Å². The Labute approximate surface area is 106 Å². The second kappa shape index (κ2) is 5.18. The lowest BCUT2D eigenvalue weighted by Gasteiger charge is -2.02. The fourth-order valence-corrected chi connectivity index (χ4v) is 1.92. The molecule has 0 aliphatic heterocycles. The number of aromatic nitrogens is 2. The fraction of sp³-hybridized carbons (Fsp3) is 0.385. The number of pyridine rings is 1. The van der Waals surface area contributed by atoms with Gasteiger partial charge >= 0.3 is 0 Å². The summed E-state index contributed by atoms with van der Waals surface area (Å²) in [4.78, 5) is 20.9. The van der Waals surface area contributed by atoms with Gasteiger partial charge < -0.3 is 4.40 Å². The average molecular weight is 247 g/mol. The molecule has 0 aliphatic rings. The van der Waals surface area contributed by atoms with Crippen molar-refractivity contribution in [1.29, 1.82) is 0 Å². The van der Waals surface area contributed by atoms with Crippen molar-refractivity contribution in [2.75, 3.05) is 7.11 Å². The monoisotopic (exact) mass is 247 g/mol. The minimum absolute atomic E-state index is 0.323. The Balaban J connectivity index is 2.50. The van der Waals surface area contributed by atoms with Gasteiger partial charge in [0.15, 0.2) is 5.69 Å². The molecule has 0 atom stereocenters. The first-order chi connectivity index (χ1) is 8.63. The normalized spacial score (nSPS) is 11.1. The van der Waals surface area contributed by atoms with Crippen LogP contribution in [-0.4, -0.2) is 22.4 Å². The molecule has 0 unspecified atom stereocenters. The lowest BCUT2D eigenvalue weighted by molar-refractivity contribution is 0.0534. The summed E-state index contributed by atoms with van der Waals surface area (Å²) in [5, 5.41) is 0. The Kier molecular flexibility index (Phi) is 3.62. The maximum Gasteiger partial charge on any atom is 0.295 e. The van der Waals surface area contributed by atoms with Gasteiger partial charge in [0, 0.05) is 12.6 Å². The quantitative estimate of drug-likeness (QED) is 0.838. The first kappa shape index (κ1) is 12.6. The van der Waals surface area contributed by atoms with Crippen molar-refractivity contribution in [2.45, 2.75) is 20.3 Å². The summed E-state index contributed by atoms with van der Waals surface area (Å²) in [5.41, 5.74) is 3.50. The molecule has 0 saturated heterocycles. The molecular weight excluding hydrogens is 230 g/mol. The van der Waals surface area contributed by atoms with E-state index < -0.39 is 0 Å². The van der Waals surface area contributed by atoms with Crippen molar-refractivity contribution in [2.24, 2.45) is 5.92 Å². The minimum Gasteiger partial charge on any atom is -0.303 e. The summed E-state index contributed by atoms with van der Waals surface area (Å²) in [6.07, 6.45) is 2.75. The number of rotatable bonds is 4. The predicted molar refractivity (Wildman–Crippen MR) is 68.2 cm³/mol. The summed E-state index contributed by atoms with van der Waals surface area (Å²) < 4.78 is 1.95. The molecule has 0 spiro atoms. The molecule has 0 aromatic carbocycles. The van der Waals surface area contributed by atoms with Crippen molar-refractivity contribution >= 4 is 11.4 Å². The molecule has 0 saturated carbocycles. The highest BCUT2D eigenvalue weighted by molar-refractivity contribution is 5.98. The Bertz CT molecular complexity index is 560. The Hall–Kier alpha value is -1.88. The smallest absolute Gasteiger partial charge is 0.295 e. The second-order valence-electron chi connectivity index (χ2n) is 4.57. The number of carbonyl (C=O) groups is 1. The van der Waals surface area contributed by atoms with E-state index in [1.54, 1.807) is 0 Å². The first-order valence-corrected chi connectivity index (χ1v) is 5.92. The van der Waals surface area contributed by atoms with Gasteiger partial charge in [-0.1, -0.05) is 19.9 Å². The van der Waals surface area contributed by atoms with Gasteiger partial charge in [-0.2, -0.15) is 0 Å². The van der Waals surface area contributed by atoms with E-state index in [0.717, 1.165) is 17.8 Å². The molecule has 0 aliphatic carbocycles. The number of hydroxylamine groups is 1. The molecule has 5 nitrogen and oxygen atoms in total.